The van der Waals surface area contributed by atoms with Crippen molar-refractivity contribution in [2.75, 3.05) is 19.6 Å². The van der Waals surface area contributed by atoms with Crippen LogP contribution in [0, 0.1) is 5.41 Å². The Morgan fingerprint density at radius 3 is 2.35 bits per heavy atom. The fourth-order valence-electron chi connectivity index (χ4n) is 1.91. The van der Waals surface area contributed by atoms with Gasteiger partial charge in [0, 0.05) is 19.6 Å². The molecule has 1 N–H and O–H groups in total. The van der Waals surface area contributed by atoms with E-state index in [1.807, 2.05) is 20.8 Å². The van der Waals surface area contributed by atoms with E-state index in [-0.39, 0.29) is 18.2 Å². The third-order valence-electron chi connectivity index (χ3n) is 2.94. The molecule has 1 saturated heterocycles. The summed E-state index contributed by atoms with van der Waals surface area (Å²) in [5.74, 6) is -0.119. The highest BCUT2D eigenvalue weighted by atomic mass is 16.5. The number of ether oxygens (including phenoxy) is 1. The van der Waals surface area contributed by atoms with E-state index in [1.54, 1.807) is 6.92 Å². The Hall–Kier alpha value is -0.610. The first kappa shape index (κ1) is 14.5. The first-order valence-electron chi connectivity index (χ1n) is 6.40. The van der Waals surface area contributed by atoms with E-state index in [1.165, 1.54) is 0 Å². The van der Waals surface area contributed by atoms with Gasteiger partial charge >= 0.3 is 5.97 Å². The zero-order valence-electron chi connectivity index (χ0n) is 11.4. The zero-order chi connectivity index (χ0) is 13.1. The fourth-order valence-corrected chi connectivity index (χ4v) is 1.91. The molecule has 1 unspecified atom stereocenters. The van der Waals surface area contributed by atoms with Crippen molar-refractivity contribution in [2.24, 2.45) is 5.41 Å². The van der Waals surface area contributed by atoms with Crippen LogP contribution in [0.2, 0.25) is 0 Å². The van der Waals surface area contributed by atoms with E-state index in [0.717, 1.165) is 25.9 Å². The average molecular weight is 243 g/mol. The maximum absolute atomic E-state index is 11.7. The molecule has 1 heterocycles. The number of likely N-dealkylation sites (tertiary alicyclic amines) is 1. The topological polar surface area (TPSA) is 49.8 Å². The Bertz CT molecular complexity index is 250. The van der Waals surface area contributed by atoms with Gasteiger partial charge in [0.1, 0.15) is 6.10 Å². The van der Waals surface area contributed by atoms with Crippen LogP contribution in [0.5, 0.6) is 0 Å². The smallest absolute Gasteiger partial charge is 0.311 e. The van der Waals surface area contributed by atoms with Crippen LogP contribution in [0.15, 0.2) is 0 Å². The number of rotatable bonds is 3. The van der Waals surface area contributed by atoms with E-state index < -0.39 is 5.41 Å². The molecule has 1 aliphatic heterocycles. The molecular weight excluding hydrogens is 218 g/mol. The van der Waals surface area contributed by atoms with Gasteiger partial charge in [0.05, 0.1) is 11.5 Å². The van der Waals surface area contributed by atoms with Gasteiger partial charge < -0.3 is 14.7 Å². The fraction of sp³-hybridized carbons (Fsp3) is 0.923. The van der Waals surface area contributed by atoms with Crippen molar-refractivity contribution in [3.63, 3.8) is 0 Å². The molecule has 0 aliphatic carbocycles. The van der Waals surface area contributed by atoms with Gasteiger partial charge in [0.25, 0.3) is 0 Å². The Labute approximate surface area is 104 Å². The van der Waals surface area contributed by atoms with Crippen molar-refractivity contribution in [2.45, 2.75) is 52.7 Å². The molecule has 1 atom stereocenters. The number of carbonyl (C=O) groups is 1. The SMILES string of the molecule is CC(O)CN1CCC(OC(=O)C(C)(C)C)CC1. The molecule has 100 valence electrons. The van der Waals surface area contributed by atoms with Crippen LogP contribution in [-0.4, -0.2) is 47.8 Å². The van der Waals surface area contributed by atoms with Gasteiger partial charge in [-0.2, -0.15) is 0 Å². The minimum atomic E-state index is -0.420. The Kier molecular flexibility index (Phi) is 4.95. The predicted octanol–water partition coefficient (Wildman–Crippen LogP) is 1.42. The average Bonchev–Trinajstić information content (AvgIpc) is 2.18. The Morgan fingerprint density at radius 2 is 1.94 bits per heavy atom. The second-order valence-corrected chi connectivity index (χ2v) is 6.00. The lowest BCUT2D eigenvalue weighted by atomic mass is 9.97. The third kappa shape index (κ3) is 5.04. The number of hydrogen-bond acceptors (Lipinski definition) is 4. The lowest BCUT2D eigenvalue weighted by Crippen LogP contribution is -2.41. The molecule has 4 nitrogen and oxygen atoms in total. The van der Waals surface area contributed by atoms with Crippen LogP contribution in [0.1, 0.15) is 40.5 Å². The molecular formula is C13H25NO3. The molecule has 0 amide bonds. The third-order valence-corrected chi connectivity index (χ3v) is 2.94. The summed E-state index contributed by atoms with van der Waals surface area (Å²) in [6.45, 7) is 9.92. The van der Waals surface area contributed by atoms with Gasteiger partial charge in [0.2, 0.25) is 0 Å². The molecule has 1 aliphatic rings. The first-order chi connectivity index (χ1) is 7.79. The number of nitrogens with zero attached hydrogens (tertiary/aromatic N) is 1. The van der Waals surface area contributed by atoms with Crippen molar-refractivity contribution in [1.82, 2.24) is 4.90 Å². The van der Waals surface area contributed by atoms with Gasteiger partial charge in [-0.1, -0.05) is 0 Å². The first-order valence-corrected chi connectivity index (χ1v) is 6.40. The normalized spacial score (nSPS) is 21.2. The predicted molar refractivity (Wildman–Crippen MR) is 66.7 cm³/mol. The van der Waals surface area contributed by atoms with Gasteiger partial charge in [-0.25, -0.2) is 0 Å². The minimum absolute atomic E-state index is 0.0481. The summed E-state index contributed by atoms with van der Waals surface area (Å²) in [6, 6.07) is 0. The Balaban J connectivity index is 2.30. The number of hydrogen-bond donors (Lipinski definition) is 1. The molecule has 0 bridgehead atoms. The number of esters is 1. The highest BCUT2D eigenvalue weighted by Gasteiger charge is 2.28. The number of carbonyl (C=O) groups excluding carboxylic acids is 1. The largest absolute Gasteiger partial charge is 0.462 e. The van der Waals surface area contributed by atoms with E-state index in [4.69, 9.17) is 4.74 Å². The summed E-state index contributed by atoms with van der Waals surface area (Å²) in [5, 5.41) is 9.30. The molecule has 4 heteroatoms. The molecule has 1 fully saturated rings. The number of aliphatic hydroxyl groups excluding tert-OH is 1. The molecule has 0 aromatic carbocycles. The van der Waals surface area contributed by atoms with Crippen molar-refractivity contribution in [1.29, 1.82) is 0 Å². The van der Waals surface area contributed by atoms with E-state index in [0.29, 0.717) is 6.54 Å². The molecule has 1 rings (SSSR count). The maximum Gasteiger partial charge on any atom is 0.311 e. The second-order valence-electron chi connectivity index (χ2n) is 6.00. The van der Waals surface area contributed by atoms with Crippen LogP contribution in [0.4, 0.5) is 0 Å². The number of aliphatic hydroxyl groups is 1. The molecule has 0 saturated carbocycles. The van der Waals surface area contributed by atoms with Gasteiger partial charge in [0.15, 0.2) is 0 Å². The van der Waals surface area contributed by atoms with Gasteiger partial charge in [-0.05, 0) is 40.5 Å². The van der Waals surface area contributed by atoms with Crippen LogP contribution < -0.4 is 0 Å². The van der Waals surface area contributed by atoms with Crippen molar-refractivity contribution in [3.8, 4) is 0 Å². The van der Waals surface area contributed by atoms with Crippen molar-refractivity contribution in [3.05, 3.63) is 0 Å². The molecule has 0 spiro atoms. The van der Waals surface area contributed by atoms with E-state index >= 15 is 0 Å². The Morgan fingerprint density at radius 1 is 1.41 bits per heavy atom. The van der Waals surface area contributed by atoms with E-state index in [9.17, 15) is 9.90 Å². The second kappa shape index (κ2) is 5.83. The molecule has 0 aromatic rings. The number of β-amino-alcohol motifs (C(OH)–C–C–N with tert-alkyl or cyclic N) is 1. The molecule has 0 aromatic heterocycles. The minimum Gasteiger partial charge on any atom is -0.462 e. The summed E-state index contributed by atoms with van der Waals surface area (Å²) >= 11 is 0. The van der Waals surface area contributed by atoms with Crippen LogP contribution >= 0.6 is 0 Å². The highest BCUT2D eigenvalue weighted by Crippen LogP contribution is 2.20. The van der Waals surface area contributed by atoms with Gasteiger partial charge in [-0.15, -0.1) is 0 Å². The zero-order valence-corrected chi connectivity index (χ0v) is 11.4. The standard InChI is InChI=1S/C13H25NO3/c1-10(15)9-14-7-5-11(6-8-14)17-12(16)13(2,3)4/h10-11,15H,5-9H2,1-4H3. The summed E-state index contributed by atoms with van der Waals surface area (Å²) in [4.78, 5) is 13.9. The quantitative estimate of drug-likeness (QED) is 0.762. The maximum atomic E-state index is 11.7. The van der Waals surface area contributed by atoms with Crippen molar-refractivity contribution < 1.29 is 14.6 Å². The summed E-state index contributed by atoms with van der Waals surface area (Å²) < 4.78 is 5.48. The summed E-state index contributed by atoms with van der Waals surface area (Å²) in [5.41, 5.74) is -0.420. The number of piperidine rings is 1. The van der Waals surface area contributed by atoms with Crippen LogP contribution in [0.3, 0.4) is 0 Å². The van der Waals surface area contributed by atoms with Crippen molar-refractivity contribution >= 4 is 5.97 Å². The van der Waals surface area contributed by atoms with Gasteiger partial charge in [-0.3, -0.25) is 4.79 Å². The van der Waals surface area contributed by atoms with E-state index in [2.05, 4.69) is 4.90 Å². The summed E-state index contributed by atoms with van der Waals surface area (Å²) in [6.07, 6.45) is 1.50. The monoisotopic (exact) mass is 243 g/mol. The molecule has 17 heavy (non-hydrogen) atoms. The molecule has 0 radical (unpaired) electrons. The summed E-state index contributed by atoms with van der Waals surface area (Å²) in [7, 11) is 0. The highest BCUT2D eigenvalue weighted by molar-refractivity contribution is 5.75. The van der Waals surface area contributed by atoms with Crippen LogP contribution in [-0.2, 0) is 9.53 Å². The lowest BCUT2D eigenvalue weighted by Gasteiger charge is -2.33. The lowest BCUT2D eigenvalue weighted by molar-refractivity contribution is -0.160. The van der Waals surface area contributed by atoms with Crippen LogP contribution in [0.25, 0.3) is 0 Å².